The molecule has 0 bridgehead atoms. The van der Waals surface area contributed by atoms with Gasteiger partial charge in [-0.1, -0.05) is 18.2 Å². The lowest BCUT2D eigenvalue weighted by Gasteiger charge is -2.37. The fraction of sp³-hybridized carbons (Fsp3) is 0.381. The van der Waals surface area contributed by atoms with Crippen LogP contribution in [0.3, 0.4) is 0 Å². The summed E-state index contributed by atoms with van der Waals surface area (Å²) >= 11 is 0. The number of rotatable bonds is 5. The highest BCUT2D eigenvalue weighted by Crippen LogP contribution is 2.23. The Hall–Kier alpha value is -2.93. The van der Waals surface area contributed by atoms with Crippen LogP contribution in [-0.4, -0.2) is 50.7 Å². The first-order valence-electron chi connectivity index (χ1n) is 9.73. The fourth-order valence-corrected chi connectivity index (χ4v) is 3.70. The van der Waals surface area contributed by atoms with Gasteiger partial charge in [0.2, 0.25) is 5.89 Å². The molecule has 1 amide bonds. The zero-order valence-corrected chi connectivity index (χ0v) is 16.2. The number of nitrogens with one attached hydrogen (secondary N) is 1. The van der Waals surface area contributed by atoms with E-state index in [4.69, 9.17) is 4.42 Å². The number of carbonyl (C=O) groups is 1. The third-order valence-corrected chi connectivity index (χ3v) is 5.07. The molecule has 1 N–H and O–H groups in total. The third-order valence-electron chi connectivity index (χ3n) is 5.07. The lowest BCUT2D eigenvalue weighted by Crippen LogP contribution is -2.49. The second-order valence-electron chi connectivity index (χ2n) is 7.33. The Kier molecular flexibility index (Phi) is 5.25. The van der Waals surface area contributed by atoms with Crippen LogP contribution < -0.4 is 5.32 Å². The average molecular weight is 379 g/mol. The highest BCUT2D eigenvalue weighted by Gasteiger charge is 2.30. The number of oxazole rings is 1. The molecule has 146 valence electrons. The standard InChI is InChI=1S/C21H25N5O2/c1-15(2)26(18-8-10-22-11-9-18)21(27)19-14-28-20(24-19)16-12-23-25(13-16)17-6-4-3-5-7-17/h3-7,12-15,18,22H,8-11H2,1-2H3. The van der Waals surface area contributed by atoms with Gasteiger partial charge in [0.15, 0.2) is 5.69 Å². The zero-order valence-electron chi connectivity index (χ0n) is 16.2. The minimum Gasteiger partial charge on any atom is -0.444 e. The van der Waals surface area contributed by atoms with Crippen molar-refractivity contribution in [2.45, 2.75) is 38.8 Å². The summed E-state index contributed by atoms with van der Waals surface area (Å²) in [5.74, 6) is 0.326. The van der Waals surface area contributed by atoms with E-state index < -0.39 is 0 Å². The molecule has 0 spiro atoms. The first kappa shape index (κ1) is 18.4. The van der Waals surface area contributed by atoms with Crippen LogP contribution in [0.1, 0.15) is 37.2 Å². The van der Waals surface area contributed by atoms with Gasteiger partial charge in [-0.3, -0.25) is 4.79 Å². The predicted molar refractivity (Wildman–Crippen MR) is 106 cm³/mol. The van der Waals surface area contributed by atoms with Gasteiger partial charge in [-0.05, 0) is 51.9 Å². The first-order chi connectivity index (χ1) is 13.6. The number of nitrogens with zero attached hydrogens (tertiary/aromatic N) is 4. The van der Waals surface area contributed by atoms with Crippen LogP contribution >= 0.6 is 0 Å². The van der Waals surface area contributed by atoms with Crippen molar-refractivity contribution in [3.63, 3.8) is 0 Å². The molecule has 1 saturated heterocycles. The number of piperidine rings is 1. The molecule has 0 atom stereocenters. The Morgan fingerprint density at radius 1 is 1.25 bits per heavy atom. The maximum atomic E-state index is 13.1. The number of hydrogen-bond donors (Lipinski definition) is 1. The molecule has 1 aliphatic rings. The van der Waals surface area contributed by atoms with E-state index in [1.165, 1.54) is 6.26 Å². The topological polar surface area (TPSA) is 76.2 Å². The van der Waals surface area contributed by atoms with E-state index in [1.807, 2.05) is 55.3 Å². The van der Waals surface area contributed by atoms with E-state index in [2.05, 4.69) is 15.4 Å². The summed E-state index contributed by atoms with van der Waals surface area (Å²) in [5, 5.41) is 7.72. The van der Waals surface area contributed by atoms with E-state index >= 15 is 0 Å². The third kappa shape index (κ3) is 3.71. The summed E-state index contributed by atoms with van der Waals surface area (Å²) in [6.45, 7) is 5.96. The van der Waals surface area contributed by atoms with Crippen molar-refractivity contribution in [2.24, 2.45) is 0 Å². The predicted octanol–water partition coefficient (Wildman–Crippen LogP) is 3.13. The van der Waals surface area contributed by atoms with Crippen LogP contribution in [-0.2, 0) is 0 Å². The maximum Gasteiger partial charge on any atom is 0.276 e. The van der Waals surface area contributed by atoms with Crippen LogP contribution in [0.15, 0.2) is 53.4 Å². The second-order valence-corrected chi connectivity index (χ2v) is 7.33. The van der Waals surface area contributed by atoms with E-state index in [1.54, 1.807) is 10.9 Å². The Balaban J connectivity index is 1.55. The molecule has 0 saturated carbocycles. The molecule has 3 aromatic rings. The van der Waals surface area contributed by atoms with Gasteiger partial charge in [-0.2, -0.15) is 5.10 Å². The van der Waals surface area contributed by atoms with Crippen molar-refractivity contribution >= 4 is 5.91 Å². The molecule has 0 radical (unpaired) electrons. The van der Waals surface area contributed by atoms with Crippen LogP contribution in [0.25, 0.3) is 17.1 Å². The lowest BCUT2D eigenvalue weighted by atomic mass is 10.0. The van der Waals surface area contributed by atoms with E-state index in [0.29, 0.717) is 11.6 Å². The first-order valence-corrected chi connectivity index (χ1v) is 9.73. The number of hydrogen-bond acceptors (Lipinski definition) is 5. The molecule has 0 aliphatic carbocycles. The van der Waals surface area contributed by atoms with Crippen LogP contribution in [0.2, 0.25) is 0 Å². The number of carbonyl (C=O) groups excluding carboxylic acids is 1. The summed E-state index contributed by atoms with van der Waals surface area (Å²) in [7, 11) is 0. The molecule has 1 aliphatic heterocycles. The van der Waals surface area contributed by atoms with Crippen molar-refractivity contribution in [3.05, 3.63) is 54.7 Å². The summed E-state index contributed by atoms with van der Waals surface area (Å²) < 4.78 is 7.37. The van der Waals surface area contributed by atoms with Gasteiger partial charge in [-0.15, -0.1) is 0 Å². The Morgan fingerprint density at radius 3 is 2.71 bits per heavy atom. The van der Waals surface area contributed by atoms with Crippen molar-refractivity contribution in [3.8, 4) is 17.1 Å². The summed E-state index contributed by atoms with van der Waals surface area (Å²) in [5.41, 5.74) is 2.03. The van der Waals surface area contributed by atoms with Crippen LogP contribution in [0, 0.1) is 0 Å². The van der Waals surface area contributed by atoms with E-state index in [-0.39, 0.29) is 18.0 Å². The van der Waals surface area contributed by atoms with Crippen molar-refractivity contribution in [2.75, 3.05) is 13.1 Å². The van der Waals surface area contributed by atoms with E-state index in [0.717, 1.165) is 37.2 Å². The molecule has 2 aromatic heterocycles. The quantitative estimate of drug-likeness (QED) is 0.737. The SMILES string of the molecule is CC(C)N(C(=O)c1coc(-c2cnn(-c3ccccc3)c2)n1)C1CCNCC1. The van der Waals surface area contributed by atoms with E-state index in [9.17, 15) is 4.79 Å². The summed E-state index contributed by atoms with van der Waals surface area (Å²) in [6.07, 6.45) is 6.91. The fourth-order valence-electron chi connectivity index (χ4n) is 3.70. The molecular weight excluding hydrogens is 354 g/mol. The van der Waals surface area contributed by atoms with Crippen molar-refractivity contribution in [1.82, 2.24) is 25.0 Å². The number of amides is 1. The van der Waals surface area contributed by atoms with Crippen LogP contribution in [0.4, 0.5) is 0 Å². The summed E-state index contributed by atoms with van der Waals surface area (Å²) in [6, 6.07) is 10.2. The smallest absolute Gasteiger partial charge is 0.276 e. The molecule has 1 aromatic carbocycles. The summed E-state index contributed by atoms with van der Waals surface area (Å²) in [4.78, 5) is 19.5. The molecule has 0 unspecified atom stereocenters. The molecule has 3 heterocycles. The molecule has 1 fully saturated rings. The van der Waals surface area contributed by atoms with Gasteiger partial charge in [-0.25, -0.2) is 9.67 Å². The minimum absolute atomic E-state index is 0.0765. The monoisotopic (exact) mass is 379 g/mol. The minimum atomic E-state index is -0.0765. The van der Waals surface area contributed by atoms with Gasteiger partial charge < -0.3 is 14.6 Å². The molecule has 7 nitrogen and oxygen atoms in total. The van der Waals surface area contributed by atoms with Crippen LogP contribution in [0.5, 0.6) is 0 Å². The molecule has 28 heavy (non-hydrogen) atoms. The van der Waals surface area contributed by atoms with Gasteiger partial charge in [0.25, 0.3) is 5.91 Å². The second kappa shape index (κ2) is 7.98. The normalized spacial score (nSPS) is 15.1. The zero-order chi connectivity index (χ0) is 19.5. The Morgan fingerprint density at radius 2 is 2.00 bits per heavy atom. The average Bonchev–Trinajstić information content (AvgIpc) is 3.39. The maximum absolute atomic E-state index is 13.1. The number of para-hydroxylation sites is 1. The lowest BCUT2D eigenvalue weighted by molar-refractivity contribution is 0.0559. The number of aromatic nitrogens is 3. The Bertz CT molecular complexity index is 925. The van der Waals surface area contributed by atoms with Gasteiger partial charge in [0.05, 0.1) is 17.4 Å². The van der Waals surface area contributed by atoms with Crippen molar-refractivity contribution in [1.29, 1.82) is 0 Å². The number of benzene rings is 1. The van der Waals surface area contributed by atoms with Gasteiger partial charge >= 0.3 is 0 Å². The highest BCUT2D eigenvalue weighted by molar-refractivity contribution is 5.93. The highest BCUT2D eigenvalue weighted by atomic mass is 16.3. The molecule has 7 heteroatoms. The van der Waals surface area contributed by atoms with Gasteiger partial charge in [0, 0.05) is 18.3 Å². The van der Waals surface area contributed by atoms with Crippen molar-refractivity contribution < 1.29 is 9.21 Å². The van der Waals surface area contributed by atoms with Gasteiger partial charge in [0.1, 0.15) is 6.26 Å². The largest absolute Gasteiger partial charge is 0.444 e. The molecular formula is C21H25N5O2. The Labute approximate surface area is 164 Å². The molecule has 4 rings (SSSR count).